The van der Waals surface area contributed by atoms with Gasteiger partial charge in [-0.15, -0.1) is 0 Å². The van der Waals surface area contributed by atoms with Crippen LogP contribution in [0.3, 0.4) is 0 Å². The topological polar surface area (TPSA) is 81.4 Å². The first-order chi connectivity index (χ1) is 12.4. The Balaban J connectivity index is 1.24. The van der Waals surface area contributed by atoms with Gasteiger partial charge in [-0.25, -0.2) is 9.97 Å². The molecule has 1 aliphatic carbocycles. The minimum Gasteiger partial charge on any atom is -0.463 e. The predicted octanol–water partition coefficient (Wildman–Crippen LogP) is 1.68. The van der Waals surface area contributed by atoms with Crippen molar-refractivity contribution in [1.29, 1.82) is 0 Å². The molecule has 5 rings (SSSR count). The SMILES string of the molecule is c1coc(-c2ccnc(NC3COC4C(NCC5CC5)COC34)n2)c1. The zero-order valence-electron chi connectivity index (χ0n) is 13.9. The van der Waals surface area contributed by atoms with Crippen molar-refractivity contribution in [3.8, 4) is 11.5 Å². The van der Waals surface area contributed by atoms with E-state index in [4.69, 9.17) is 13.9 Å². The van der Waals surface area contributed by atoms with Crippen LogP contribution >= 0.6 is 0 Å². The minimum absolute atomic E-state index is 0.0348. The first-order valence-corrected chi connectivity index (χ1v) is 8.97. The lowest BCUT2D eigenvalue weighted by Crippen LogP contribution is -2.42. The standard InChI is InChI=1S/C18H22N4O3/c1-2-15(23-7-1)12-5-6-19-18(21-12)22-14-10-25-16-13(9-24-17(14)16)20-8-11-3-4-11/h1-2,5-7,11,13-14,16-17,20H,3-4,8-10H2,(H,19,21,22). The highest BCUT2D eigenvalue weighted by atomic mass is 16.6. The average Bonchev–Trinajstić information content (AvgIpc) is 3.03. The predicted molar refractivity (Wildman–Crippen MR) is 91.1 cm³/mol. The Morgan fingerprint density at radius 3 is 2.72 bits per heavy atom. The van der Waals surface area contributed by atoms with E-state index in [1.54, 1.807) is 12.5 Å². The fourth-order valence-corrected chi connectivity index (χ4v) is 3.59. The lowest BCUT2D eigenvalue weighted by molar-refractivity contribution is 0.0675. The van der Waals surface area contributed by atoms with Crippen LogP contribution in [0.4, 0.5) is 5.95 Å². The van der Waals surface area contributed by atoms with Gasteiger partial charge < -0.3 is 24.5 Å². The van der Waals surface area contributed by atoms with E-state index >= 15 is 0 Å². The van der Waals surface area contributed by atoms with Crippen LogP contribution in [0.1, 0.15) is 12.8 Å². The molecule has 3 fully saturated rings. The van der Waals surface area contributed by atoms with E-state index in [0.717, 1.165) is 23.9 Å². The zero-order valence-corrected chi connectivity index (χ0v) is 13.9. The molecule has 25 heavy (non-hydrogen) atoms. The van der Waals surface area contributed by atoms with Gasteiger partial charge in [0.15, 0.2) is 5.76 Å². The smallest absolute Gasteiger partial charge is 0.223 e. The zero-order chi connectivity index (χ0) is 16.6. The van der Waals surface area contributed by atoms with E-state index in [1.165, 1.54) is 12.8 Å². The van der Waals surface area contributed by atoms with Crippen molar-refractivity contribution in [2.24, 2.45) is 5.92 Å². The van der Waals surface area contributed by atoms with Crippen LogP contribution in [0.2, 0.25) is 0 Å². The molecule has 1 saturated carbocycles. The number of nitrogens with zero attached hydrogens (tertiary/aromatic N) is 2. The second-order valence-electron chi connectivity index (χ2n) is 7.05. The summed E-state index contributed by atoms with van der Waals surface area (Å²) < 4.78 is 17.4. The van der Waals surface area contributed by atoms with Gasteiger partial charge >= 0.3 is 0 Å². The van der Waals surface area contributed by atoms with Crippen molar-refractivity contribution in [2.45, 2.75) is 37.1 Å². The van der Waals surface area contributed by atoms with Crippen molar-refractivity contribution in [3.63, 3.8) is 0 Å². The van der Waals surface area contributed by atoms with Gasteiger partial charge in [0, 0.05) is 6.20 Å². The second-order valence-corrected chi connectivity index (χ2v) is 7.05. The van der Waals surface area contributed by atoms with Gasteiger partial charge in [0.25, 0.3) is 0 Å². The molecule has 4 unspecified atom stereocenters. The number of anilines is 1. The number of aromatic nitrogens is 2. The number of hydrogen-bond donors (Lipinski definition) is 2. The van der Waals surface area contributed by atoms with Crippen LogP contribution in [0.5, 0.6) is 0 Å². The van der Waals surface area contributed by atoms with Crippen molar-refractivity contribution < 1.29 is 13.9 Å². The molecule has 2 aliphatic heterocycles. The summed E-state index contributed by atoms with van der Waals surface area (Å²) in [6.45, 7) is 2.38. The maximum absolute atomic E-state index is 6.01. The summed E-state index contributed by atoms with van der Waals surface area (Å²) in [5.74, 6) is 2.15. The fourth-order valence-electron chi connectivity index (χ4n) is 3.59. The van der Waals surface area contributed by atoms with Gasteiger partial charge in [-0.2, -0.15) is 0 Å². The molecule has 4 atom stereocenters. The summed E-state index contributed by atoms with van der Waals surface area (Å²) >= 11 is 0. The second kappa shape index (κ2) is 6.40. The molecule has 7 heteroatoms. The van der Waals surface area contributed by atoms with Crippen LogP contribution in [0.15, 0.2) is 35.1 Å². The Labute approximate surface area is 146 Å². The molecule has 0 aromatic carbocycles. The lowest BCUT2D eigenvalue weighted by Gasteiger charge is -2.18. The maximum Gasteiger partial charge on any atom is 0.223 e. The fraction of sp³-hybridized carbons (Fsp3) is 0.556. The molecule has 3 aliphatic rings. The van der Waals surface area contributed by atoms with E-state index in [2.05, 4.69) is 20.6 Å². The average molecular weight is 342 g/mol. The Morgan fingerprint density at radius 2 is 1.92 bits per heavy atom. The van der Waals surface area contributed by atoms with Crippen LogP contribution < -0.4 is 10.6 Å². The molecule has 0 amide bonds. The summed E-state index contributed by atoms with van der Waals surface area (Å²) in [5.41, 5.74) is 0.759. The van der Waals surface area contributed by atoms with Gasteiger partial charge in [-0.3, -0.25) is 0 Å². The van der Waals surface area contributed by atoms with Gasteiger partial charge in [-0.05, 0) is 43.5 Å². The highest BCUT2D eigenvalue weighted by Crippen LogP contribution is 2.31. The molecular weight excluding hydrogens is 320 g/mol. The third-order valence-electron chi connectivity index (χ3n) is 5.16. The Kier molecular flexibility index (Phi) is 3.92. The largest absolute Gasteiger partial charge is 0.463 e. The Hall–Kier alpha value is -1.96. The van der Waals surface area contributed by atoms with Crippen LogP contribution in [0.25, 0.3) is 11.5 Å². The number of hydrogen-bond acceptors (Lipinski definition) is 7. The first kappa shape index (κ1) is 15.3. The number of rotatable bonds is 6. The molecule has 0 radical (unpaired) electrons. The van der Waals surface area contributed by atoms with Crippen molar-refractivity contribution in [1.82, 2.24) is 15.3 Å². The van der Waals surface area contributed by atoms with E-state index in [9.17, 15) is 0 Å². The molecule has 2 aromatic rings. The van der Waals surface area contributed by atoms with Gasteiger partial charge in [0.05, 0.1) is 31.6 Å². The molecule has 2 N–H and O–H groups in total. The number of fused-ring (bicyclic) bond motifs is 1. The molecule has 2 saturated heterocycles. The lowest BCUT2D eigenvalue weighted by atomic mass is 10.1. The Bertz CT molecular complexity index is 719. The van der Waals surface area contributed by atoms with Crippen LogP contribution in [-0.4, -0.2) is 54.0 Å². The van der Waals surface area contributed by atoms with E-state index in [0.29, 0.717) is 19.2 Å². The van der Waals surface area contributed by atoms with Crippen molar-refractivity contribution in [3.05, 3.63) is 30.7 Å². The molecule has 132 valence electrons. The van der Waals surface area contributed by atoms with Gasteiger partial charge in [0.1, 0.15) is 17.9 Å². The summed E-state index contributed by atoms with van der Waals surface area (Å²) in [6, 6.07) is 5.91. The minimum atomic E-state index is 0.0348. The normalized spacial score (nSPS) is 31.2. The third kappa shape index (κ3) is 3.15. The quantitative estimate of drug-likeness (QED) is 0.826. The number of ether oxygens (including phenoxy) is 2. The summed E-state index contributed by atoms with van der Waals surface area (Å²) in [5, 5.41) is 6.98. The van der Waals surface area contributed by atoms with Crippen molar-refractivity contribution in [2.75, 3.05) is 25.1 Å². The van der Waals surface area contributed by atoms with Crippen molar-refractivity contribution >= 4 is 5.95 Å². The molecular formula is C18H22N4O3. The molecule has 4 heterocycles. The molecule has 2 aromatic heterocycles. The summed E-state index contributed by atoms with van der Waals surface area (Å²) in [7, 11) is 0. The monoisotopic (exact) mass is 342 g/mol. The summed E-state index contributed by atoms with van der Waals surface area (Å²) in [4.78, 5) is 8.86. The highest BCUT2D eigenvalue weighted by molar-refractivity contribution is 5.53. The van der Waals surface area contributed by atoms with Crippen LogP contribution in [0, 0.1) is 5.92 Å². The molecule has 0 spiro atoms. The number of nitrogens with one attached hydrogen (secondary N) is 2. The summed E-state index contributed by atoms with van der Waals surface area (Å²) in [6.07, 6.45) is 6.21. The van der Waals surface area contributed by atoms with Crippen LogP contribution in [-0.2, 0) is 9.47 Å². The van der Waals surface area contributed by atoms with E-state index < -0.39 is 0 Å². The highest BCUT2D eigenvalue weighted by Gasteiger charge is 2.48. The van der Waals surface area contributed by atoms with Gasteiger partial charge in [-0.1, -0.05) is 0 Å². The molecule has 0 bridgehead atoms. The molecule has 7 nitrogen and oxygen atoms in total. The Morgan fingerprint density at radius 1 is 1.08 bits per heavy atom. The number of furan rings is 1. The van der Waals surface area contributed by atoms with E-state index in [1.807, 2.05) is 18.2 Å². The van der Waals surface area contributed by atoms with E-state index in [-0.39, 0.29) is 24.3 Å². The van der Waals surface area contributed by atoms with Gasteiger partial charge in [0.2, 0.25) is 5.95 Å². The third-order valence-corrected chi connectivity index (χ3v) is 5.16. The maximum atomic E-state index is 6.01. The first-order valence-electron chi connectivity index (χ1n) is 8.97.